The van der Waals surface area contributed by atoms with Crippen molar-refractivity contribution >= 4 is 49.4 Å². The Hall–Kier alpha value is -6.36. The highest BCUT2D eigenvalue weighted by molar-refractivity contribution is 7.89. The van der Waals surface area contributed by atoms with Crippen LogP contribution in [-0.4, -0.2) is 105 Å². The molecule has 1 unspecified atom stereocenters. The standard InChI is InChI=1S/C33H40N4O.C20H26N4O5S/c1-2-3-13-30-24-37(33(38)32-15-8-12-27-10-6-7-14-31(27)32)19-18-36(30)23-29(21-34)35-22-25-16-17-26-9-4-5-11-28(26)20-25;21-20(22)23-12-4-5-13-29-16-10-8-15(9-11-16)14-18(19(25)26)24-30(27,28)17-6-2-1-3-7-17/h4-12,14-17,20,29-30,35H,2-3,13,18-19,21-24,34H2,1H3;1-3,6-11,18,24H,4-5,12-14H2,(H,25,26)(H4,21,22,23)/t29?,30-;18-/m00/s1. The zero-order valence-corrected chi connectivity index (χ0v) is 39.7. The number of benzene rings is 6. The van der Waals surface area contributed by atoms with Gasteiger partial charge < -0.3 is 37.3 Å². The minimum atomic E-state index is -3.94. The number of guanidine groups is 1. The largest absolute Gasteiger partial charge is 0.494 e. The lowest BCUT2D eigenvalue weighted by atomic mass is 10.0. The lowest BCUT2D eigenvalue weighted by Crippen LogP contribution is -2.58. The molecule has 7 rings (SSSR count). The number of rotatable bonds is 22. The molecular weight excluding hydrogens is 877 g/mol. The van der Waals surface area contributed by atoms with E-state index in [1.165, 1.54) is 28.5 Å². The van der Waals surface area contributed by atoms with Gasteiger partial charge in [-0.25, -0.2) is 8.42 Å². The predicted molar refractivity (Wildman–Crippen MR) is 272 cm³/mol. The van der Waals surface area contributed by atoms with Gasteiger partial charge in [-0.1, -0.05) is 123 Å². The molecule has 6 aromatic rings. The van der Waals surface area contributed by atoms with Gasteiger partial charge in [0.2, 0.25) is 10.0 Å². The van der Waals surface area contributed by atoms with Gasteiger partial charge >= 0.3 is 5.97 Å². The third-order valence-electron chi connectivity index (χ3n) is 12.1. The van der Waals surface area contributed by atoms with Gasteiger partial charge in [0.05, 0.1) is 11.5 Å². The van der Waals surface area contributed by atoms with Crippen LogP contribution in [0.1, 0.15) is 60.5 Å². The maximum atomic E-state index is 13.6. The number of unbranched alkanes of at least 4 members (excludes halogenated alkanes) is 2. The van der Waals surface area contributed by atoms with Crippen LogP contribution in [-0.2, 0) is 27.8 Å². The fourth-order valence-electron chi connectivity index (χ4n) is 8.33. The summed E-state index contributed by atoms with van der Waals surface area (Å²) in [5.74, 6) is -0.405. The molecule has 68 heavy (non-hydrogen) atoms. The van der Waals surface area contributed by atoms with Crippen molar-refractivity contribution in [3.05, 3.63) is 156 Å². The van der Waals surface area contributed by atoms with E-state index in [9.17, 15) is 23.1 Å². The number of amides is 1. The van der Waals surface area contributed by atoms with E-state index >= 15 is 0 Å². The molecule has 6 aromatic carbocycles. The first-order chi connectivity index (χ1) is 32.9. The molecule has 14 nitrogen and oxygen atoms in total. The zero-order valence-electron chi connectivity index (χ0n) is 38.9. The number of nitrogens with one attached hydrogen (secondary N) is 2. The van der Waals surface area contributed by atoms with E-state index < -0.39 is 22.0 Å². The molecule has 0 saturated carbocycles. The summed E-state index contributed by atoms with van der Waals surface area (Å²) in [6, 6.07) is 43.1. The Morgan fingerprint density at radius 3 is 2.22 bits per heavy atom. The van der Waals surface area contributed by atoms with Crippen molar-refractivity contribution in [3.8, 4) is 5.75 Å². The molecule has 0 bridgehead atoms. The van der Waals surface area contributed by atoms with Crippen LogP contribution >= 0.6 is 0 Å². The van der Waals surface area contributed by atoms with Crippen molar-refractivity contribution in [2.45, 2.75) is 75.0 Å². The van der Waals surface area contributed by atoms with Crippen molar-refractivity contribution in [2.24, 2.45) is 22.2 Å². The highest BCUT2D eigenvalue weighted by atomic mass is 32.2. The highest BCUT2D eigenvalue weighted by Gasteiger charge is 2.31. The molecule has 1 fully saturated rings. The minimum Gasteiger partial charge on any atom is -0.494 e. The van der Waals surface area contributed by atoms with Crippen molar-refractivity contribution in [1.82, 2.24) is 19.8 Å². The Labute approximate surface area is 400 Å². The predicted octanol–water partition coefficient (Wildman–Crippen LogP) is 6.52. The Morgan fingerprint density at radius 2 is 1.50 bits per heavy atom. The highest BCUT2D eigenvalue weighted by Crippen LogP contribution is 2.24. The number of nitrogens with two attached hydrogens (primary N) is 3. The van der Waals surface area contributed by atoms with Gasteiger partial charge in [0.1, 0.15) is 11.8 Å². The smallest absolute Gasteiger partial charge is 0.322 e. The van der Waals surface area contributed by atoms with Crippen LogP contribution in [0.15, 0.2) is 149 Å². The molecule has 1 amide bonds. The number of fused-ring (bicyclic) bond motifs is 2. The summed E-state index contributed by atoms with van der Waals surface area (Å²) in [6.07, 6.45) is 4.98. The normalized spacial score (nSPS) is 15.0. The second kappa shape index (κ2) is 25.7. The van der Waals surface area contributed by atoms with Gasteiger partial charge in [-0.15, -0.1) is 0 Å². The first-order valence-corrected chi connectivity index (χ1v) is 24.9. The summed E-state index contributed by atoms with van der Waals surface area (Å²) in [5.41, 5.74) is 19.5. The summed E-state index contributed by atoms with van der Waals surface area (Å²) in [6.45, 7) is 7.94. The van der Waals surface area contributed by atoms with Gasteiger partial charge in [-0.3, -0.25) is 19.5 Å². The molecular formula is C53H66N8O6S. The lowest BCUT2D eigenvalue weighted by Gasteiger charge is -2.43. The first-order valence-electron chi connectivity index (χ1n) is 23.4. The van der Waals surface area contributed by atoms with E-state index in [1.807, 2.05) is 24.3 Å². The minimum absolute atomic E-state index is 0.000190. The van der Waals surface area contributed by atoms with E-state index in [4.69, 9.17) is 21.9 Å². The molecule has 0 radical (unpaired) electrons. The summed E-state index contributed by atoms with van der Waals surface area (Å²) in [4.78, 5) is 33.8. The Bertz CT molecular complexity index is 2680. The summed E-state index contributed by atoms with van der Waals surface area (Å²) >= 11 is 0. The van der Waals surface area contributed by atoms with Gasteiger partial charge in [-0.05, 0) is 94.8 Å². The molecule has 3 atom stereocenters. The topological polar surface area (TPSA) is 219 Å². The lowest BCUT2D eigenvalue weighted by molar-refractivity contribution is -0.138. The van der Waals surface area contributed by atoms with Crippen LogP contribution in [0, 0.1) is 0 Å². The van der Waals surface area contributed by atoms with Crippen LogP contribution in [0.5, 0.6) is 5.75 Å². The maximum Gasteiger partial charge on any atom is 0.322 e. The molecule has 9 N–H and O–H groups in total. The number of carbonyl (C=O) groups is 2. The molecule has 0 aromatic heterocycles. The van der Waals surface area contributed by atoms with E-state index in [0.29, 0.717) is 37.1 Å². The SMILES string of the molecule is CCCC[C@H]1CN(C(=O)c2cccc3ccccc23)CCN1CC(CN)NCc1ccc2ccccc2c1.NC(N)=NCCCCOc1ccc(C[C@H](NS(=O)(=O)c2ccccc2)C(=O)O)cc1. The van der Waals surface area contributed by atoms with Crippen LogP contribution in [0.25, 0.3) is 21.5 Å². The maximum absolute atomic E-state index is 13.6. The third-order valence-corrected chi connectivity index (χ3v) is 13.6. The second-order valence-corrected chi connectivity index (χ2v) is 18.8. The molecule has 15 heteroatoms. The van der Waals surface area contributed by atoms with Crippen LogP contribution in [0.3, 0.4) is 0 Å². The Balaban J connectivity index is 0.000000231. The van der Waals surface area contributed by atoms with Crippen molar-refractivity contribution in [3.63, 3.8) is 0 Å². The Morgan fingerprint density at radius 1 is 0.809 bits per heavy atom. The molecule has 0 spiro atoms. The van der Waals surface area contributed by atoms with Crippen LogP contribution < -0.4 is 32.0 Å². The fourth-order valence-corrected chi connectivity index (χ4v) is 9.54. The number of aliphatic carboxylic acids is 1. The van der Waals surface area contributed by atoms with E-state index in [-0.39, 0.29) is 29.2 Å². The van der Waals surface area contributed by atoms with Gasteiger partial charge in [0.15, 0.2) is 5.96 Å². The number of nitrogens with zero attached hydrogens (tertiary/aromatic N) is 3. The zero-order chi connectivity index (χ0) is 48.3. The van der Waals surface area contributed by atoms with Crippen molar-refractivity contribution in [1.29, 1.82) is 0 Å². The summed E-state index contributed by atoms with van der Waals surface area (Å²) in [5, 5.41) is 17.8. The van der Waals surface area contributed by atoms with Crippen molar-refractivity contribution in [2.75, 3.05) is 45.9 Å². The number of ether oxygens (including phenoxy) is 1. The first kappa shape index (κ1) is 51.0. The average Bonchev–Trinajstić information content (AvgIpc) is 3.36. The number of carbonyl (C=O) groups excluding carboxylic acids is 1. The van der Waals surface area contributed by atoms with Gasteiger partial charge in [-0.2, -0.15) is 4.72 Å². The van der Waals surface area contributed by atoms with E-state index in [1.54, 1.807) is 42.5 Å². The van der Waals surface area contributed by atoms with Crippen molar-refractivity contribution < 1.29 is 27.9 Å². The molecule has 1 saturated heterocycles. The van der Waals surface area contributed by atoms with E-state index in [2.05, 4.69) is 92.4 Å². The molecule has 1 aliphatic rings. The average molecular weight is 943 g/mol. The molecule has 1 heterocycles. The van der Waals surface area contributed by atoms with Gasteiger partial charge in [0.25, 0.3) is 5.91 Å². The fraction of sp³-hybridized carbons (Fsp3) is 0.340. The number of aliphatic imine (C=N–C) groups is 1. The number of hydrogen-bond acceptors (Lipinski definition) is 9. The quantitative estimate of drug-likeness (QED) is 0.0245. The number of hydrogen-bond donors (Lipinski definition) is 6. The second-order valence-electron chi connectivity index (χ2n) is 17.1. The third kappa shape index (κ3) is 15.1. The van der Waals surface area contributed by atoms with Gasteiger partial charge in [0, 0.05) is 63.5 Å². The number of sulfonamides is 1. The number of carboxylic acids is 1. The molecule has 1 aliphatic heterocycles. The van der Waals surface area contributed by atoms with Crippen LogP contribution in [0.4, 0.5) is 0 Å². The Kier molecular flexibility index (Phi) is 19.3. The number of carboxylic acid groups (broad SMARTS) is 1. The number of piperazine rings is 1. The monoisotopic (exact) mass is 942 g/mol. The summed E-state index contributed by atoms with van der Waals surface area (Å²) in [7, 11) is -3.94. The van der Waals surface area contributed by atoms with Crippen LogP contribution in [0.2, 0.25) is 0 Å². The summed E-state index contributed by atoms with van der Waals surface area (Å²) < 4.78 is 32.7. The molecule has 0 aliphatic carbocycles. The molecule has 360 valence electrons. The van der Waals surface area contributed by atoms with E-state index in [0.717, 1.165) is 81.2 Å².